The molecule has 0 atom stereocenters. The molecule has 1 fully saturated rings. The summed E-state index contributed by atoms with van der Waals surface area (Å²) in [4.78, 5) is 26.2. The molecule has 1 aromatic rings. The fourth-order valence-electron chi connectivity index (χ4n) is 2.77. The third-order valence-corrected chi connectivity index (χ3v) is 4.01. The minimum absolute atomic E-state index is 0.0377. The van der Waals surface area contributed by atoms with Crippen LogP contribution in [-0.4, -0.2) is 55.7 Å². The number of benzene rings is 1. The lowest BCUT2D eigenvalue weighted by Crippen LogP contribution is -3.15. The SMILES string of the molecule is CC(=O)N1CC[NH+](CC(=O)Nc2ccc3c(c2)OC(F)(F)O3)CC1. The molecule has 130 valence electrons. The van der Waals surface area contributed by atoms with Crippen LogP contribution in [0.15, 0.2) is 18.2 Å². The molecular formula is C15H18F2N3O4+. The van der Waals surface area contributed by atoms with Crippen LogP contribution in [-0.2, 0) is 9.59 Å². The maximum atomic E-state index is 13.0. The second-order valence-electron chi connectivity index (χ2n) is 5.81. The Morgan fingerprint density at radius 1 is 1.25 bits per heavy atom. The van der Waals surface area contributed by atoms with Crippen molar-refractivity contribution in [2.75, 3.05) is 38.0 Å². The number of anilines is 1. The van der Waals surface area contributed by atoms with E-state index in [-0.39, 0.29) is 29.9 Å². The molecule has 1 saturated heterocycles. The zero-order valence-electron chi connectivity index (χ0n) is 13.1. The van der Waals surface area contributed by atoms with Gasteiger partial charge in [0.2, 0.25) is 5.91 Å². The summed E-state index contributed by atoms with van der Waals surface area (Å²) in [7, 11) is 0. The third-order valence-electron chi connectivity index (χ3n) is 4.01. The van der Waals surface area contributed by atoms with Crippen LogP contribution in [0.25, 0.3) is 0 Å². The molecular weight excluding hydrogens is 324 g/mol. The Morgan fingerprint density at radius 3 is 2.58 bits per heavy atom. The van der Waals surface area contributed by atoms with Gasteiger partial charge in [-0.15, -0.1) is 8.78 Å². The smallest absolute Gasteiger partial charge is 0.395 e. The number of amides is 2. The van der Waals surface area contributed by atoms with Crippen molar-refractivity contribution in [1.29, 1.82) is 0 Å². The highest BCUT2D eigenvalue weighted by Gasteiger charge is 2.43. The Morgan fingerprint density at radius 2 is 1.92 bits per heavy atom. The van der Waals surface area contributed by atoms with Crippen LogP contribution in [0.1, 0.15) is 6.92 Å². The summed E-state index contributed by atoms with van der Waals surface area (Å²) in [6.45, 7) is 4.41. The standard InChI is InChI=1S/C15H17F2N3O4/c1-10(21)20-6-4-19(5-7-20)9-14(22)18-11-2-3-12-13(8-11)24-15(16,17)23-12/h2-3,8H,4-7,9H2,1H3,(H,18,22)/p+1. The van der Waals surface area contributed by atoms with E-state index in [1.165, 1.54) is 25.1 Å². The predicted octanol–water partition coefficient (Wildman–Crippen LogP) is -0.306. The maximum absolute atomic E-state index is 13.0. The van der Waals surface area contributed by atoms with Gasteiger partial charge in [-0.25, -0.2) is 0 Å². The molecule has 24 heavy (non-hydrogen) atoms. The highest BCUT2D eigenvalue weighted by molar-refractivity contribution is 5.91. The number of quaternary nitrogens is 1. The van der Waals surface area contributed by atoms with Crippen LogP contribution < -0.4 is 19.7 Å². The van der Waals surface area contributed by atoms with Crippen molar-refractivity contribution < 1.29 is 32.7 Å². The first kappa shape index (κ1) is 16.4. The van der Waals surface area contributed by atoms with Crippen molar-refractivity contribution in [3.8, 4) is 11.5 Å². The number of rotatable bonds is 3. The lowest BCUT2D eigenvalue weighted by atomic mass is 10.2. The molecule has 0 unspecified atom stereocenters. The van der Waals surface area contributed by atoms with E-state index in [4.69, 9.17) is 0 Å². The minimum atomic E-state index is -3.68. The predicted molar refractivity (Wildman–Crippen MR) is 79.1 cm³/mol. The summed E-state index contributed by atoms with van der Waals surface area (Å²) in [5.41, 5.74) is 0.363. The van der Waals surface area contributed by atoms with Crippen molar-refractivity contribution in [3.63, 3.8) is 0 Å². The van der Waals surface area contributed by atoms with E-state index in [1.807, 2.05) is 0 Å². The van der Waals surface area contributed by atoms with Crippen LogP contribution in [0.5, 0.6) is 11.5 Å². The molecule has 7 nitrogen and oxygen atoms in total. The molecule has 2 aliphatic rings. The van der Waals surface area contributed by atoms with Crippen LogP contribution in [0, 0.1) is 0 Å². The number of nitrogens with zero attached hydrogens (tertiary/aromatic N) is 1. The third kappa shape index (κ3) is 3.73. The van der Waals surface area contributed by atoms with E-state index >= 15 is 0 Å². The number of carbonyl (C=O) groups excluding carboxylic acids is 2. The number of ether oxygens (including phenoxy) is 2. The first-order chi connectivity index (χ1) is 11.3. The largest absolute Gasteiger partial charge is 0.586 e. The van der Waals surface area contributed by atoms with Gasteiger partial charge in [0.15, 0.2) is 18.0 Å². The first-order valence-electron chi connectivity index (χ1n) is 7.61. The van der Waals surface area contributed by atoms with Gasteiger partial charge in [-0.3, -0.25) is 9.59 Å². The highest BCUT2D eigenvalue weighted by Crippen LogP contribution is 2.42. The van der Waals surface area contributed by atoms with Gasteiger partial charge in [-0.05, 0) is 12.1 Å². The minimum Gasteiger partial charge on any atom is -0.395 e. The van der Waals surface area contributed by atoms with E-state index in [0.717, 1.165) is 4.90 Å². The van der Waals surface area contributed by atoms with Gasteiger partial charge in [-0.1, -0.05) is 0 Å². The van der Waals surface area contributed by atoms with Crippen LogP contribution in [0.3, 0.4) is 0 Å². The van der Waals surface area contributed by atoms with Crippen molar-refractivity contribution in [2.45, 2.75) is 13.2 Å². The molecule has 3 rings (SSSR count). The normalized spacial score (nSPS) is 19.2. The summed E-state index contributed by atoms with van der Waals surface area (Å²) in [5.74, 6) is -0.369. The van der Waals surface area contributed by atoms with Gasteiger partial charge in [0, 0.05) is 18.7 Å². The second kappa shape index (κ2) is 6.23. The van der Waals surface area contributed by atoms with E-state index in [9.17, 15) is 18.4 Å². The number of hydrogen-bond acceptors (Lipinski definition) is 4. The van der Waals surface area contributed by atoms with E-state index in [2.05, 4.69) is 14.8 Å². The summed E-state index contributed by atoms with van der Waals surface area (Å²) >= 11 is 0. The maximum Gasteiger partial charge on any atom is 0.586 e. The highest BCUT2D eigenvalue weighted by atomic mass is 19.3. The van der Waals surface area contributed by atoms with Gasteiger partial charge < -0.3 is 24.6 Å². The zero-order valence-corrected chi connectivity index (χ0v) is 13.1. The molecule has 2 N–H and O–H groups in total. The van der Waals surface area contributed by atoms with Crippen molar-refractivity contribution in [2.24, 2.45) is 0 Å². The average Bonchev–Trinajstić information content (AvgIpc) is 2.80. The number of nitrogens with one attached hydrogen (secondary N) is 2. The molecule has 0 saturated carbocycles. The Kier molecular flexibility index (Phi) is 4.27. The Bertz CT molecular complexity index is 660. The summed E-state index contributed by atoms with van der Waals surface area (Å²) in [6, 6.07) is 4.10. The number of carbonyl (C=O) groups is 2. The number of alkyl halides is 2. The number of fused-ring (bicyclic) bond motifs is 1. The molecule has 0 spiro atoms. The molecule has 9 heteroatoms. The van der Waals surface area contributed by atoms with Gasteiger partial charge in [0.1, 0.15) is 0 Å². The number of halogens is 2. The van der Waals surface area contributed by atoms with Crippen molar-refractivity contribution in [1.82, 2.24) is 4.90 Å². The molecule has 0 radical (unpaired) electrons. The van der Waals surface area contributed by atoms with Gasteiger partial charge in [0.25, 0.3) is 5.91 Å². The molecule has 0 aromatic heterocycles. The number of hydrogen-bond donors (Lipinski definition) is 2. The summed E-state index contributed by atoms with van der Waals surface area (Å²) < 4.78 is 34.6. The Labute approximate surface area is 137 Å². The van der Waals surface area contributed by atoms with E-state index in [1.54, 1.807) is 4.90 Å². The van der Waals surface area contributed by atoms with Crippen LogP contribution >= 0.6 is 0 Å². The topological polar surface area (TPSA) is 72.3 Å². The van der Waals surface area contributed by atoms with Gasteiger partial charge >= 0.3 is 6.29 Å². The Balaban J connectivity index is 1.52. The summed E-state index contributed by atoms with van der Waals surface area (Å²) in [5, 5.41) is 2.66. The van der Waals surface area contributed by atoms with Gasteiger partial charge in [0.05, 0.1) is 26.2 Å². The fourth-order valence-corrected chi connectivity index (χ4v) is 2.77. The van der Waals surface area contributed by atoms with Crippen LogP contribution in [0.2, 0.25) is 0 Å². The lowest BCUT2D eigenvalue weighted by molar-refractivity contribution is -0.895. The Hall–Kier alpha value is -2.42. The van der Waals surface area contributed by atoms with Crippen molar-refractivity contribution >= 4 is 17.5 Å². The number of piperazine rings is 1. The molecule has 0 bridgehead atoms. The first-order valence-corrected chi connectivity index (χ1v) is 7.61. The van der Waals surface area contributed by atoms with Crippen molar-refractivity contribution in [3.05, 3.63) is 18.2 Å². The zero-order chi connectivity index (χ0) is 17.3. The average molecular weight is 342 g/mol. The van der Waals surface area contributed by atoms with E-state index < -0.39 is 6.29 Å². The molecule has 2 aliphatic heterocycles. The second-order valence-corrected chi connectivity index (χ2v) is 5.81. The van der Waals surface area contributed by atoms with Gasteiger partial charge in [-0.2, -0.15) is 0 Å². The quantitative estimate of drug-likeness (QED) is 0.791. The molecule has 2 heterocycles. The molecule has 0 aliphatic carbocycles. The monoisotopic (exact) mass is 342 g/mol. The van der Waals surface area contributed by atoms with Crippen LogP contribution in [0.4, 0.5) is 14.5 Å². The summed E-state index contributed by atoms with van der Waals surface area (Å²) in [6.07, 6.45) is -3.68. The lowest BCUT2D eigenvalue weighted by Gasteiger charge is -2.31. The molecule has 2 amide bonds. The molecule has 1 aromatic carbocycles. The fraction of sp³-hybridized carbons (Fsp3) is 0.467. The van der Waals surface area contributed by atoms with E-state index in [0.29, 0.717) is 31.9 Å².